The van der Waals surface area contributed by atoms with Gasteiger partial charge in [-0.3, -0.25) is 4.79 Å². The Morgan fingerprint density at radius 1 is 1.44 bits per heavy atom. The van der Waals surface area contributed by atoms with E-state index in [1.54, 1.807) is 13.0 Å². The maximum atomic E-state index is 11.3. The Kier molecular flexibility index (Phi) is 3.63. The Labute approximate surface area is 92.8 Å². The van der Waals surface area contributed by atoms with E-state index in [9.17, 15) is 9.59 Å². The van der Waals surface area contributed by atoms with Crippen LogP contribution in [0.3, 0.4) is 0 Å². The van der Waals surface area contributed by atoms with Gasteiger partial charge in [-0.15, -0.1) is 0 Å². The quantitative estimate of drug-likeness (QED) is 0.742. The number of carboxylic acid groups (broad SMARTS) is 1. The second kappa shape index (κ2) is 4.76. The first kappa shape index (κ1) is 12.2. The Bertz CT molecular complexity index is 428. The smallest absolute Gasteiger partial charge is 0.338 e. The largest absolute Gasteiger partial charge is 0.480 e. The van der Waals surface area contributed by atoms with E-state index in [2.05, 4.69) is 4.74 Å². The number of aliphatic carboxylic acids is 1. The molecule has 1 aromatic carbocycles. The number of carbonyl (C=O) groups is 2. The minimum absolute atomic E-state index is 0.406. The summed E-state index contributed by atoms with van der Waals surface area (Å²) in [6.07, 6.45) is 0. The first-order valence-corrected chi connectivity index (χ1v) is 4.64. The molecule has 0 aromatic heterocycles. The summed E-state index contributed by atoms with van der Waals surface area (Å²) < 4.78 is 4.58. The van der Waals surface area contributed by atoms with Crippen LogP contribution in [0.15, 0.2) is 18.2 Å². The molecule has 0 aliphatic rings. The molecule has 16 heavy (non-hydrogen) atoms. The Morgan fingerprint density at radius 3 is 2.50 bits per heavy atom. The van der Waals surface area contributed by atoms with Crippen molar-refractivity contribution >= 4 is 11.9 Å². The van der Waals surface area contributed by atoms with Gasteiger partial charge in [-0.05, 0) is 24.1 Å². The molecule has 0 aliphatic heterocycles. The third kappa shape index (κ3) is 2.38. The van der Waals surface area contributed by atoms with Crippen molar-refractivity contribution in [1.82, 2.24) is 0 Å². The maximum absolute atomic E-state index is 11.3. The molecular weight excluding hydrogens is 210 g/mol. The topological polar surface area (TPSA) is 89.6 Å². The van der Waals surface area contributed by atoms with E-state index in [1.807, 2.05) is 0 Å². The summed E-state index contributed by atoms with van der Waals surface area (Å²) in [5.74, 6) is -1.56. The summed E-state index contributed by atoms with van der Waals surface area (Å²) in [6.45, 7) is 1.70. The lowest BCUT2D eigenvalue weighted by Crippen LogP contribution is -2.21. The third-order valence-electron chi connectivity index (χ3n) is 2.28. The van der Waals surface area contributed by atoms with Crippen LogP contribution in [0.1, 0.15) is 27.5 Å². The number of carbonyl (C=O) groups excluding carboxylic acids is 1. The number of carboxylic acids is 1. The summed E-state index contributed by atoms with van der Waals surface area (Å²) >= 11 is 0. The van der Waals surface area contributed by atoms with Gasteiger partial charge in [0, 0.05) is 0 Å². The Morgan fingerprint density at radius 2 is 2.06 bits per heavy atom. The van der Waals surface area contributed by atoms with Crippen LogP contribution < -0.4 is 5.73 Å². The molecule has 1 unspecified atom stereocenters. The molecule has 3 N–H and O–H groups in total. The molecule has 0 spiro atoms. The van der Waals surface area contributed by atoms with Crippen molar-refractivity contribution in [2.45, 2.75) is 13.0 Å². The SMILES string of the molecule is COC(=O)c1ccc(C(N)C(=O)O)cc1C. The van der Waals surface area contributed by atoms with Crippen LogP contribution in [0.5, 0.6) is 0 Å². The molecule has 1 rings (SSSR count). The molecule has 0 heterocycles. The van der Waals surface area contributed by atoms with E-state index in [1.165, 1.54) is 19.2 Å². The lowest BCUT2D eigenvalue weighted by molar-refractivity contribution is -0.138. The van der Waals surface area contributed by atoms with Crippen LogP contribution in [-0.2, 0) is 9.53 Å². The van der Waals surface area contributed by atoms with Crippen molar-refractivity contribution in [2.24, 2.45) is 5.73 Å². The number of benzene rings is 1. The number of nitrogens with two attached hydrogens (primary N) is 1. The van der Waals surface area contributed by atoms with E-state index in [0.717, 1.165) is 0 Å². The van der Waals surface area contributed by atoms with E-state index in [-0.39, 0.29) is 0 Å². The monoisotopic (exact) mass is 223 g/mol. The molecule has 0 fully saturated rings. The fourth-order valence-corrected chi connectivity index (χ4v) is 1.36. The normalized spacial score (nSPS) is 11.9. The minimum atomic E-state index is -1.11. The standard InChI is InChI=1S/C11H13NO4/c1-6-5-7(9(12)10(13)14)3-4-8(6)11(15)16-2/h3-5,9H,12H2,1-2H3,(H,13,14). The molecule has 0 saturated heterocycles. The number of esters is 1. The van der Waals surface area contributed by atoms with Crippen molar-refractivity contribution in [2.75, 3.05) is 7.11 Å². The van der Waals surface area contributed by atoms with Crippen molar-refractivity contribution < 1.29 is 19.4 Å². The summed E-state index contributed by atoms with van der Waals surface area (Å²) in [5.41, 5.74) is 6.95. The first-order chi connectivity index (χ1) is 7.47. The van der Waals surface area contributed by atoms with Gasteiger partial charge in [0.15, 0.2) is 0 Å². The van der Waals surface area contributed by atoms with Gasteiger partial charge in [-0.2, -0.15) is 0 Å². The minimum Gasteiger partial charge on any atom is -0.480 e. The molecule has 0 radical (unpaired) electrons. The van der Waals surface area contributed by atoms with Crippen molar-refractivity contribution in [1.29, 1.82) is 0 Å². The van der Waals surface area contributed by atoms with Crippen LogP contribution in [0.4, 0.5) is 0 Å². The van der Waals surface area contributed by atoms with Crippen molar-refractivity contribution in [3.05, 3.63) is 34.9 Å². The molecule has 86 valence electrons. The van der Waals surface area contributed by atoms with Crippen molar-refractivity contribution in [3.8, 4) is 0 Å². The fourth-order valence-electron chi connectivity index (χ4n) is 1.36. The second-order valence-corrected chi connectivity index (χ2v) is 3.38. The molecule has 1 atom stereocenters. The zero-order chi connectivity index (χ0) is 12.3. The van der Waals surface area contributed by atoms with E-state index >= 15 is 0 Å². The molecule has 0 saturated carbocycles. The van der Waals surface area contributed by atoms with Crippen LogP contribution in [0.2, 0.25) is 0 Å². The van der Waals surface area contributed by atoms with Crippen LogP contribution in [-0.4, -0.2) is 24.2 Å². The van der Waals surface area contributed by atoms with Crippen LogP contribution >= 0.6 is 0 Å². The number of rotatable bonds is 3. The van der Waals surface area contributed by atoms with Crippen molar-refractivity contribution in [3.63, 3.8) is 0 Å². The molecule has 5 nitrogen and oxygen atoms in total. The molecular formula is C11H13NO4. The van der Waals surface area contributed by atoms with Gasteiger partial charge in [-0.25, -0.2) is 4.79 Å². The highest BCUT2D eigenvalue weighted by atomic mass is 16.5. The average molecular weight is 223 g/mol. The fraction of sp³-hybridized carbons (Fsp3) is 0.273. The van der Waals surface area contributed by atoms with E-state index in [0.29, 0.717) is 16.7 Å². The van der Waals surface area contributed by atoms with Gasteiger partial charge < -0.3 is 15.6 Å². The number of hydrogen-bond acceptors (Lipinski definition) is 4. The highest BCUT2D eigenvalue weighted by Crippen LogP contribution is 2.16. The summed E-state index contributed by atoms with van der Waals surface area (Å²) in [5, 5.41) is 8.73. The van der Waals surface area contributed by atoms with Gasteiger partial charge in [-0.1, -0.05) is 12.1 Å². The van der Waals surface area contributed by atoms with Gasteiger partial charge in [0.2, 0.25) is 0 Å². The third-order valence-corrected chi connectivity index (χ3v) is 2.28. The van der Waals surface area contributed by atoms with Gasteiger partial charge in [0.25, 0.3) is 0 Å². The van der Waals surface area contributed by atoms with E-state index < -0.39 is 18.0 Å². The van der Waals surface area contributed by atoms with Crippen LogP contribution in [0, 0.1) is 6.92 Å². The summed E-state index contributed by atoms with van der Waals surface area (Å²) in [4.78, 5) is 21.9. The molecule has 0 amide bonds. The predicted octanol–water partition coefficient (Wildman–Crippen LogP) is 0.866. The summed E-state index contributed by atoms with van der Waals surface area (Å²) in [7, 11) is 1.29. The zero-order valence-electron chi connectivity index (χ0n) is 9.06. The Hall–Kier alpha value is -1.88. The van der Waals surface area contributed by atoms with Gasteiger partial charge in [0.05, 0.1) is 12.7 Å². The van der Waals surface area contributed by atoms with E-state index in [4.69, 9.17) is 10.8 Å². The number of aryl methyl sites for hydroxylation is 1. The van der Waals surface area contributed by atoms with Gasteiger partial charge in [0.1, 0.15) is 6.04 Å². The zero-order valence-corrected chi connectivity index (χ0v) is 9.06. The second-order valence-electron chi connectivity index (χ2n) is 3.38. The first-order valence-electron chi connectivity index (χ1n) is 4.64. The number of methoxy groups -OCH3 is 1. The molecule has 0 aliphatic carbocycles. The highest BCUT2D eigenvalue weighted by Gasteiger charge is 2.16. The lowest BCUT2D eigenvalue weighted by atomic mass is 10.0. The molecule has 1 aromatic rings. The summed E-state index contributed by atoms with van der Waals surface area (Å²) in [6, 6.07) is 3.52. The number of ether oxygens (including phenoxy) is 1. The number of hydrogen-bond donors (Lipinski definition) is 2. The van der Waals surface area contributed by atoms with Gasteiger partial charge >= 0.3 is 11.9 Å². The maximum Gasteiger partial charge on any atom is 0.338 e. The molecule has 0 bridgehead atoms. The predicted molar refractivity (Wildman–Crippen MR) is 57.1 cm³/mol. The average Bonchev–Trinajstić information content (AvgIpc) is 2.26. The Balaban J connectivity index is 3.08. The lowest BCUT2D eigenvalue weighted by Gasteiger charge is -2.09. The molecule has 5 heteroatoms. The highest BCUT2D eigenvalue weighted by molar-refractivity contribution is 5.91. The van der Waals surface area contributed by atoms with Crippen LogP contribution in [0.25, 0.3) is 0 Å².